The van der Waals surface area contributed by atoms with E-state index in [-0.39, 0.29) is 0 Å². The summed E-state index contributed by atoms with van der Waals surface area (Å²) < 4.78 is 1.90. The smallest absolute Gasteiger partial charge is 0.372 e. The monoisotopic (exact) mass is 402 g/mol. The molecule has 0 radical (unpaired) electrons. The summed E-state index contributed by atoms with van der Waals surface area (Å²) in [6.45, 7) is 3.72. The van der Waals surface area contributed by atoms with Gasteiger partial charge in [0.1, 0.15) is 5.69 Å². The van der Waals surface area contributed by atoms with Crippen molar-refractivity contribution < 1.29 is 14.9 Å². The second-order valence-corrected chi connectivity index (χ2v) is 7.46. The fourth-order valence-corrected chi connectivity index (χ4v) is 3.26. The van der Waals surface area contributed by atoms with Gasteiger partial charge in [0.15, 0.2) is 0 Å². The zero-order valence-electron chi connectivity index (χ0n) is 17.5. The van der Waals surface area contributed by atoms with Crippen LogP contribution in [0.15, 0.2) is 30.5 Å². The van der Waals surface area contributed by atoms with Crippen LogP contribution in [0.5, 0.6) is 0 Å². The number of benzene rings is 1. The van der Waals surface area contributed by atoms with Gasteiger partial charge in [0.05, 0.1) is 18.3 Å². The molecule has 29 heavy (non-hydrogen) atoms. The van der Waals surface area contributed by atoms with Crippen LogP contribution in [0.4, 0.5) is 5.69 Å². The van der Waals surface area contributed by atoms with Gasteiger partial charge in [-0.25, -0.2) is 4.79 Å². The number of carbonyl (C=O) groups is 1. The molecule has 0 fully saturated rings. The highest BCUT2D eigenvalue weighted by Gasteiger charge is 2.06. The summed E-state index contributed by atoms with van der Waals surface area (Å²) in [6, 6.07) is 6.67. The summed E-state index contributed by atoms with van der Waals surface area (Å²) in [7, 11) is 0. The number of unbranched alkanes of at least 4 members (excludes halogenated alkanes) is 9. The first kappa shape index (κ1) is 22.9. The third-order valence-corrected chi connectivity index (χ3v) is 5.00. The molecule has 7 nitrogen and oxygen atoms in total. The third-order valence-electron chi connectivity index (χ3n) is 5.00. The minimum atomic E-state index is -0.772. The maximum absolute atomic E-state index is 11.2. The van der Waals surface area contributed by atoms with Gasteiger partial charge in [-0.05, 0) is 30.7 Å². The molecular formula is C22H34N4O3. The van der Waals surface area contributed by atoms with Crippen molar-refractivity contribution in [3.63, 3.8) is 0 Å². The number of hydrogen-bond acceptors (Lipinski definition) is 6. The summed E-state index contributed by atoms with van der Waals surface area (Å²) in [5, 5.41) is 20.0. The first-order valence-electron chi connectivity index (χ1n) is 10.8. The molecule has 0 bridgehead atoms. The van der Waals surface area contributed by atoms with Crippen LogP contribution in [-0.4, -0.2) is 26.2 Å². The molecule has 0 spiro atoms. The Bertz CT molecular complexity index is 700. The molecule has 0 saturated carbocycles. The lowest BCUT2D eigenvalue weighted by Gasteiger charge is -2.04. The average Bonchev–Trinajstić information content (AvgIpc) is 3.21. The van der Waals surface area contributed by atoms with E-state index in [2.05, 4.69) is 27.4 Å². The minimum Gasteiger partial charge on any atom is -0.379 e. The summed E-state index contributed by atoms with van der Waals surface area (Å²) in [4.78, 5) is 14.9. The first-order valence-corrected chi connectivity index (χ1v) is 10.8. The molecule has 2 aromatic rings. The highest BCUT2D eigenvalue weighted by atomic mass is 17.1. The second kappa shape index (κ2) is 13.7. The Labute approximate surface area is 173 Å². The predicted octanol–water partition coefficient (Wildman–Crippen LogP) is 5.44. The van der Waals surface area contributed by atoms with E-state index in [1.165, 1.54) is 57.8 Å². The van der Waals surface area contributed by atoms with Crippen molar-refractivity contribution in [1.29, 1.82) is 0 Å². The molecule has 1 aromatic heterocycles. The van der Waals surface area contributed by atoms with E-state index in [1.54, 1.807) is 24.3 Å². The van der Waals surface area contributed by atoms with E-state index in [0.717, 1.165) is 24.3 Å². The van der Waals surface area contributed by atoms with Crippen LogP contribution in [-0.2, 0) is 18.0 Å². The van der Waals surface area contributed by atoms with Crippen molar-refractivity contribution in [2.24, 2.45) is 0 Å². The lowest BCUT2D eigenvalue weighted by atomic mass is 10.1. The average molecular weight is 403 g/mol. The predicted molar refractivity (Wildman–Crippen MR) is 114 cm³/mol. The van der Waals surface area contributed by atoms with Crippen LogP contribution in [0.25, 0.3) is 0 Å². The van der Waals surface area contributed by atoms with Crippen LogP contribution >= 0.6 is 0 Å². The Hall–Kier alpha value is -2.41. The van der Waals surface area contributed by atoms with Gasteiger partial charge >= 0.3 is 5.97 Å². The van der Waals surface area contributed by atoms with Crippen LogP contribution in [0.1, 0.15) is 87.2 Å². The van der Waals surface area contributed by atoms with Crippen LogP contribution in [0.3, 0.4) is 0 Å². The van der Waals surface area contributed by atoms with Gasteiger partial charge in [0.2, 0.25) is 0 Å². The molecule has 2 rings (SSSR count). The standard InChI is InChI=1S/C22H34N4O3/c1-2-3-4-5-6-7-8-9-10-11-16-26-18-21(24-25-26)17-23-20-14-12-19(13-15-20)22(27)29-28/h12-15,18,23,28H,2-11,16-17H2,1H3. The quantitative estimate of drug-likeness (QED) is 0.234. The van der Waals surface area contributed by atoms with E-state index in [1.807, 2.05) is 10.9 Å². The largest absolute Gasteiger partial charge is 0.379 e. The molecule has 160 valence electrons. The Morgan fingerprint density at radius 2 is 1.62 bits per heavy atom. The van der Waals surface area contributed by atoms with Crippen molar-refractivity contribution >= 4 is 11.7 Å². The Kier molecular flexibility index (Phi) is 10.8. The molecule has 0 aliphatic carbocycles. The number of anilines is 1. The molecule has 1 aromatic carbocycles. The Morgan fingerprint density at radius 1 is 1.00 bits per heavy atom. The number of nitrogens with zero attached hydrogens (tertiary/aromatic N) is 3. The van der Waals surface area contributed by atoms with Gasteiger partial charge in [-0.2, -0.15) is 5.26 Å². The summed E-state index contributed by atoms with van der Waals surface area (Å²) in [5.74, 6) is -0.772. The van der Waals surface area contributed by atoms with Crippen molar-refractivity contribution in [3.05, 3.63) is 41.7 Å². The molecule has 7 heteroatoms. The Balaban J connectivity index is 1.56. The Morgan fingerprint density at radius 3 is 2.24 bits per heavy atom. The maximum atomic E-state index is 11.2. The van der Waals surface area contributed by atoms with E-state index in [9.17, 15) is 4.79 Å². The normalized spacial score (nSPS) is 10.8. The number of nitrogens with one attached hydrogen (secondary N) is 1. The summed E-state index contributed by atoms with van der Waals surface area (Å²) >= 11 is 0. The van der Waals surface area contributed by atoms with Crippen molar-refractivity contribution in [2.75, 3.05) is 5.32 Å². The highest BCUT2D eigenvalue weighted by molar-refractivity contribution is 5.89. The molecule has 0 amide bonds. The zero-order chi connectivity index (χ0) is 20.7. The highest BCUT2D eigenvalue weighted by Crippen LogP contribution is 2.12. The number of hydrogen-bond donors (Lipinski definition) is 2. The van der Waals surface area contributed by atoms with Gasteiger partial charge in [0.25, 0.3) is 0 Å². The fourth-order valence-electron chi connectivity index (χ4n) is 3.26. The van der Waals surface area contributed by atoms with Gasteiger partial charge in [0, 0.05) is 12.2 Å². The summed E-state index contributed by atoms with van der Waals surface area (Å²) in [6.07, 6.45) is 15.2. The first-order chi connectivity index (χ1) is 14.2. The van der Waals surface area contributed by atoms with Crippen LogP contribution in [0, 0.1) is 0 Å². The molecule has 0 saturated heterocycles. The topological polar surface area (TPSA) is 89.3 Å². The zero-order valence-corrected chi connectivity index (χ0v) is 17.5. The van der Waals surface area contributed by atoms with Crippen LogP contribution < -0.4 is 5.32 Å². The minimum absolute atomic E-state index is 0.292. The lowest BCUT2D eigenvalue weighted by Crippen LogP contribution is -2.03. The van der Waals surface area contributed by atoms with Gasteiger partial charge in [-0.1, -0.05) is 69.9 Å². The number of carbonyl (C=O) groups excluding carboxylic acids is 1. The van der Waals surface area contributed by atoms with Gasteiger partial charge < -0.3 is 5.32 Å². The number of aromatic nitrogens is 3. The molecule has 0 aliphatic rings. The molecule has 1 heterocycles. The molecule has 0 aliphatic heterocycles. The van der Waals surface area contributed by atoms with Crippen molar-refractivity contribution in [1.82, 2.24) is 15.0 Å². The van der Waals surface area contributed by atoms with Crippen LogP contribution in [0.2, 0.25) is 0 Å². The van der Waals surface area contributed by atoms with Crippen molar-refractivity contribution in [2.45, 2.75) is 84.2 Å². The van der Waals surface area contributed by atoms with Gasteiger partial charge in [-0.3, -0.25) is 9.57 Å². The van der Waals surface area contributed by atoms with E-state index >= 15 is 0 Å². The number of aryl methyl sites for hydroxylation is 1. The van der Waals surface area contributed by atoms with Gasteiger partial charge in [-0.15, -0.1) is 5.10 Å². The number of rotatable bonds is 15. The molecule has 0 unspecified atom stereocenters. The summed E-state index contributed by atoms with van der Waals surface area (Å²) in [5.41, 5.74) is 2.01. The SMILES string of the molecule is CCCCCCCCCCCCn1cc(CNc2ccc(C(=O)OO)cc2)nn1. The van der Waals surface area contributed by atoms with Crippen molar-refractivity contribution in [3.8, 4) is 0 Å². The maximum Gasteiger partial charge on any atom is 0.372 e. The lowest BCUT2D eigenvalue weighted by molar-refractivity contribution is -0.182. The fraction of sp³-hybridized carbons (Fsp3) is 0.591. The van der Waals surface area contributed by atoms with E-state index in [4.69, 9.17) is 5.26 Å². The molecular weight excluding hydrogens is 368 g/mol. The van der Waals surface area contributed by atoms with E-state index < -0.39 is 5.97 Å². The third kappa shape index (κ3) is 9.09. The molecule has 2 N–H and O–H groups in total. The second-order valence-electron chi connectivity index (χ2n) is 7.46. The molecule has 0 atom stereocenters. The van der Waals surface area contributed by atoms with E-state index in [0.29, 0.717) is 12.1 Å².